The first-order chi connectivity index (χ1) is 12.2. The monoisotopic (exact) mass is 339 g/mol. The minimum atomic E-state index is -0.156. The molecule has 8 heteroatoms. The van der Waals surface area contributed by atoms with E-state index in [2.05, 4.69) is 36.1 Å². The second-order valence-corrected chi connectivity index (χ2v) is 6.37. The summed E-state index contributed by atoms with van der Waals surface area (Å²) in [4.78, 5) is 26.5. The van der Waals surface area contributed by atoms with Gasteiger partial charge in [0, 0.05) is 25.5 Å². The number of nitrogens with one attached hydrogen (secondary N) is 1. The van der Waals surface area contributed by atoms with Crippen LogP contribution < -0.4 is 10.5 Å². The number of allylic oxidation sites excluding steroid dienone is 1. The van der Waals surface area contributed by atoms with Gasteiger partial charge in [-0.25, -0.2) is 9.67 Å². The molecule has 25 heavy (non-hydrogen) atoms. The van der Waals surface area contributed by atoms with Gasteiger partial charge in [0.25, 0.3) is 5.56 Å². The molecule has 0 amide bonds. The third-order valence-corrected chi connectivity index (χ3v) is 4.75. The van der Waals surface area contributed by atoms with Crippen LogP contribution >= 0.6 is 0 Å². The van der Waals surface area contributed by atoms with E-state index in [-0.39, 0.29) is 5.56 Å². The minimum Gasteiger partial charge on any atom is -0.340 e. The van der Waals surface area contributed by atoms with Gasteiger partial charge in [-0.3, -0.25) is 9.78 Å². The molecule has 3 aromatic heterocycles. The fraction of sp³-hybridized carbons (Fsp3) is 0.412. The maximum atomic E-state index is 12.4. The number of nitrogens with zero attached hydrogens (tertiary/aromatic N) is 6. The molecule has 8 nitrogen and oxygen atoms in total. The number of fused-ring (bicyclic) bond motifs is 1. The van der Waals surface area contributed by atoms with Gasteiger partial charge in [0.05, 0.1) is 18.8 Å². The molecule has 3 aromatic rings. The van der Waals surface area contributed by atoms with Crippen molar-refractivity contribution in [1.82, 2.24) is 29.3 Å². The molecule has 1 N–H and O–H groups in total. The van der Waals surface area contributed by atoms with Crippen molar-refractivity contribution in [2.45, 2.75) is 32.4 Å². The lowest BCUT2D eigenvalue weighted by Crippen LogP contribution is -2.38. The number of anilines is 1. The SMILES string of the molecule is C=CCn1ncc2c(=O)[nH]c(N3CCC[C@H](n4ccnc4C)C3)nc21. The zero-order chi connectivity index (χ0) is 17.4. The first-order valence-electron chi connectivity index (χ1n) is 8.48. The Balaban J connectivity index is 1.69. The normalized spacial score (nSPS) is 18.0. The first kappa shape index (κ1) is 15.6. The van der Waals surface area contributed by atoms with Gasteiger partial charge >= 0.3 is 0 Å². The Morgan fingerprint density at radius 3 is 3.12 bits per heavy atom. The van der Waals surface area contributed by atoms with Gasteiger partial charge in [0.15, 0.2) is 5.65 Å². The molecule has 0 unspecified atom stereocenters. The molecule has 4 heterocycles. The number of aromatic amines is 1. The van der Waals surface area contributed by atoms with Crippen molar-refractivity contribution in [2.24, 2.45) is 0 Å². The maximum absolute atomic E-state index is 12.4. The van der Waals surface area contributed by atoms with E-state index in [0.717, 1.165) is 31.8 Å². The molecule has 1 fully saturated rings. The summed E-state index contributed by atoms with van der Waals surface area (Å²) in [6, 6.07) is 0.329. The molecule has 0 saturated carbocycles. The van der Waals surface area contributed by atoms with E-state index in [4.69, 9.17) is 0 Å². The van der Waals surface area contributed by atoms with Crippen molar-refractivity contribution in [3.05, 3.63) is 47.4 Å². The molecule has 1 atom stereocenters. The number of hydrogen-bond acceptors (Lipinski definition) is 5. The van der Waals surface area contributed by atoms with Gasteiger partial charge < -0.3 is 9.47 Å². The van der Waals surface area contributed by atoms with Crippen LogP contribution in [0.3, 0.4) is 0 Å². The summed E-state index contributed by atoms with van der Waals surface area (Å²) in [5, 5.41) is 4.74. The Morgan fingerprint density at radius 1 is 1.48 bits per heavy atom. The topological polar surface area (TPSA) is 84.6 Å². The smallest absolute Gasteiger partial charge is 0.263 e. The van der Waals surface area contributed by atoms with E-state index in [1.807, 2.05) is 19.3 Å². The van der Waals surface area contributed by atoms with Crippen molar-refractivity contribution < 1.29 is 0 Å². The zero-order valence-electron chi connectivity index (χ0n) is 14.2. The van der Waals surface area contributed by atoms with Crippen molar-refractivity contribution in [3.63, 3.8) is 0 Å². The maximum Gasteiger partial charge on any atom is 0.263 e. The summed E-state index contributed by atoms with van der Waals surface area (Å²) in [5.74, 6) is 1.61. The third-order valence-electron chi connectivity index (χ3n) is 4.75. The Kier molecular flexibility index (Phi) is 3.87. The molecular formula is C17H21N7O. The highest BCUT2D eigenvalue weighted by Crippen LogP contribution is 2.25. The summed E-state index contributed by atoms with van der Waals surface area (Å²) >= 11 is 0. The molecule has 1 aliphatic heterocycles. The lowest BCUT2D eigenvalue weighted by atomic mass is 10.1. The summed E-state index contributed by atoms with van der Waals surface area (Å²) < 4.78 is 3.90. The molecule has 0 aromatic carbocycles. The van der Waals surface area contributed by atoms with Crippen molar-refractivity contribution in [2.75, 3.05) is 18.0 Å². The first-order valence-corrected chi connectivity index (χ1v) is 8.48. The molecule has 130 valence electrons. The second-order valence-electron chi connectivity index (χ2n) is 6.37. The van der Waals surface area contributed by atoms with Gasteiger partial charge in [-0.2, -0.15) is 10.1 Å². The van der Waals surface area contributed by atoms with Crippen LogP contribution in [-0.4, -0.2) is 42.4 Å². The zero-order valence-corrected chi connectivity index (χ0v) is 14.2. The van der Waals surface area contributed by atoms with Crippen LogP contribution in [0, 0.1) is 6.92 Å². The van der Waals surface area contributed by atoms with E-state index >= 15 is 0 Å². The Bertz CT molecular complexity index is 967. The van der Waals surface area contributed by atoms with E-state index < -0.39 is 0 Å². The fourth-order valence-corrected chi connectivity index (χ4v) is 3.51. The van der Waals surface area contributed by atoms with Gasteiger partial charge in [-0.15, -0.1) is 6.58 Å². The number of aryl methyl sites for hydroxylation is 1. The number of hydrogen-bond donors (Lipinski definition) is 1. The number of piperidine rings is 1. The van der Waals surface area contributed by atoms with Crippen LogP contribution in [0.15, 0.2) is 36.0 Å². The molecule has 0 aliphatic carbocycles. The van der Waals surface area contributed by atoms with E-state index in [1.54, 1.807) is 17.0 Å². The number of rotatable bonds is 4. The van der Waals surface area contributed by atoms with Crippen LogP contribution in [0.1, 0.15) is 24.7 Å². The van der Waals surface area contributed by atoms with Gasteiger partial charge in [0.2, 0.25) is 5.95 Å². The summed E-state index contributed by atoms with van der Waals surface area (Å²) in [7, 11) is 0. The Labute approximate surface area is 144 Å². The predicted octanol–water partition coefficient (Wildman–Crippen LogP) is 1.65. The average Bonchev–Trinajstić information content (AvgIpc) is 3.22. The van der Waals surface area contributed by atoms with Crippen LogP contribution in [0.5, 0.6) is 0 Å². The van der Waals surface area contributed by atoms with Crippen molar-refractivity contribution >= 4 is 17.0 Å². The van der Waals surface area contributed by atoms with Crippen LogP contribution in [0.2, 0.25) is 0 Å². The highest BCUT2D eigenvalue weighted by Gasteiger charge is 2.24. The van der Waals surface area contributed by atoms with E-state index in [9.17, 15) is 4.79 Å². The lowest BCUT2D eigenvalue weighted by Gasteiger charge is -2.34. The molecule has 0 radical (unpaired) electrons. The Morgan fingerprint density at radius 2 is 2.36 bits per heavy atom. The van der Waals surface area contributed by atoms with Crippen LogP contribution in [0.4, 0.5) is 5.95 Å². The summed E-state index contributed by atoms with van der Waals surface area (Å²) in [5.41, 5.74) is 0.441. The lowest BCUT2D eigenvalue weighted by molar-refractivity contribution is 0.396. The molecule has 1 aliphatic rings. The fourth-order valence-electron chi connectivity index (χ4n) is 3.51. The summed E-state index contributed by atoms with van der Waals surface area (Å²) in [6.07, 6.45) is 9.27. The highest BCUT2D eigenvalue weighted by molar-refractivity contribution is 5.74. The summed E-state index contributed by atoms with van der Waals surface area (Å²) in [6.45, 7) is 7.93. The van der Waals surface area contributed by atoms with Gasteiger partial charge in [-0.1, -0.05) is 6.08 Å². The molecule has 0 bridgehead atoms. The average molecular weight is 339 g/mol. The van der Waals surface area contributed by atoms with Crippen LogP contribution in [-0.2, 0) is 6.54 Å². The van der Waals surface area contributed by atoms with E-state index in [1.165, 1.54) is 0 Å². The number of imidazole rings is 1. The minimum absolute atomic E-state index is 0.156. The second kappa shape index (κ2) is 6.19. The van der Waals surface area contributed by atoms with Crippen molar-refractivity contribution in [3.8, 4) is 0 Å². The predicted molar refractivity (Wildman–Crippen MR) is 95.8 cm³/mol. The number of H-pyrrole nitrogens is 1. The molecular weight excluding hydrogens is 318 g/mol. The standard InChI is InChI=1S/C17H21N7O/c1-3-7-24-15-14(10-19-24)16(25)21-17(20-15)22-8-4-5-13(11-22)23-9-6-18-12(23)2/h3,6,9-10,13H,1,4-5,7-8,11H2,2H3,(H,20,21,25)/t13-/m0/s1. The van der Waals surface area contributed by atoms with Gasteiger partial charge in [-0.05, 0) is 19.8 Å². The molecule has 0 spiro atoms. The molecule has 4 rings (SSSR count). The third kappa shape index (κ3) is 2.73. The highest BCUT2D eigenvalue weighted by atomic mass is 16.1. The number of aromatic nitrogens is 6. The van der Waals surface area contributed by atoms with Gasteiger partial charge in [0.1, 0.15) is 11.2 Å². The largest absolute Gasteiger partial charge is 0.340 e. The van der Waals surface area contributed by atoms with Crippen LogP contribution in [0.25, 0.3) is 11.0 Å². The Hall–Kier alpha value is -2.90. The quantitative estimate of drug-likeness (QED) is 0.731. The molecule has 1 saturated heterocycles. The van der Waals surface area contributed by atoms with E-state index in [0.29, 0.717) is 29.6 Å². The van der Waals surface area contributed by atoms with Crippen molar-refractivity contribution in [1.29, 1.82) is 0 Å².